The maximum atomic E-state index is 8.90. The van der Waals surface area contributed by atoms with Gasteiger partial charge in [-0.25, -0.2) is 9.97 Å². The number of ether oxygens (including phenoxy) is 1. The summed E-state index contributed by atoms with van der Waals surface area (Å²) in [6, 6.07) is 3.91. The Labute approximate surface area is 102 Å². The highest BCUT2D eigenvalue weighted by atomic mass is 16.5. The Morgan fingerprint density at radius 3 is 2.76 bits per heavy atom. The molecular weight excluding hydrogens is 216 g/mol. The van der Waals surface area contributed by atoms with Crippen molar-refractivity contribution in [1.29, 1.82) is 5.26 Å². The molecule has 1 heterocycles. The predicted molar refractivity (Wildman–Crippen MR) is 65.8 cm³/mol. The standard InChI is InChI=1S/C12H18N4O/c1-5-16(10(3)8-17-4)12-14-9(2)6-11(7-13)15-12/h6,10H,5,8H2,1-4H3. The highest BCUT2D eigenvalue weighted by Crippen LogP contribution is 2.13. The number of hydrogen-bond acceptors (Lipinski definition) is 5. The lowest BCUT2D eigenvalue weighted by atomic mass is 10.3. The molecule has 1 unspecified atom stereocenters. The number of hydrogen-bond donors (Lipinski definition) is 0. The molecule has 5 heteroatoms. The van der Waals surface area contributed by atoms with Crippen molar-refractivity contribution in [3.8, 4) is 6.07 Å². The van der Waals surface area contributed by atoms with Crippen LogP contribution >= 0.6 is 0 Å². The Bertz CT molecular complexity index is 413. The first kappa shape index (κ1) is 13.4. The molecule has 0 aliphatic carbocycles. The van der Waals surface area contributed by atoms with Gasteiger partial charge in [0.25, 0.3) is 0 Å². The van der Waals surface area contributed by atoms with E-state index in [-0.39, 0.29) is 6.04 Å². The maximum absolute atomic E-state index is 8.90. The zero-order valence-corrected chi connectivity index (χ0v) is 10.8. The largest absolute Gasteiger partial charge is 0.383 e. The summed E-state index contributed by atoms with van der Waals surface area (Å²) in [5.74, 6) is 0.591. The van der Waals surface area contributed by atoms with Gasteiger partial charge in [-0.15, -0.1) is 0 Å². The first-order valence-electron chi connectivity index (χ1n) is 5.63. The monoisotopic (exact) mass is 234 g/mol. The zero-order chi connectivity index (χ0) is 12.8. The first-order valence-corrected chi connectivity index (χ1v) is 5.63. The molecule has 5 nitrogen and oxygen atoms in total. The van der Waals surface area contributed by atoms with Crippen molar-refractivity contribution in [3.05, 3.63) is 17.5 Å². The van der Waals surface area contributed by atoms with E-state index in [1.165, 1.54) is 0 Å². The summed E-state index contributed by atoms with van der Waals surface area (Å²) in [5.41, 5.74) is 1.20. The number of rotatable bonds is 5. The molecule has 0 bridgehead atoms. The van der Waals surface area contributed by atoms with Gasteiger partial charge >= 0.3 is 0 Å². The fraction of sp³-hybridized carbons (Fsp3) is 0.583. The topological polar surface area (TPSA) is 62.0 Å². The average Bonchev–Trinajstić information content (AvgIpc) is 2.29. The van der Waals surface area contributed by atoms with Crippen molar-refractivity contribution >= 4 is 5.95 Å². The van der Waals surface area contributed by atoms with Crippen LogP contribution in [0.25, 0.3) is 0 Å². The summed E-state index contributed by atoms with van der Waals surface area (Å²) < 4.78 is 5.13. The molecule has 0 aliphatic heterocycles. The number of likely N-dealkylation sites (N-methyl/N-ethyl adjacent to an activating group) is 1. The van der Waals surface area contributed by atoms with E-state index in [0.717, 1.165) is 12.2 Å². The third kappa shape index (κ3) is 3.40. The van der Waals surface area contributed by atoms with Crippen molar-refractivity contribution < 1.29 is 4.74 Å². The summed E-state index contributed by atoms with van der Waals surface area (Å²) in [4.78, 5) is 10.6. The normalized spacial score (nSPS) is 11.9. The molecule has 0 amide bonds. The lowest BCUT2D eigenvalue weighted by Crippen LogP contribution is -2.37. The molecule has 92 valence electrons. The van der Waals surface area contributed by atoms with Crippen molar-refractivity contribution in [2.75, 3.05) is 25.2 Å². The molecule has 0 saturated heterocycles. The molecule has 1 aromatic heterocycles. The lowest BCUT2D eigenvalue weighted by molar-refractivity contribution is 0.181. The summed E-state index contributed by atoms with van der Waals surface area (Å²) >= 11 is 0. The van der Waals surface area contributed by atoms with Crippen LogP contribution in [0.4, 0.5) is 5.95 Å². The van der Waals surface area contributed by atoms with Crippen LogP contribution in [0.15, 0.2) is 6.07 Å². The van der Waals surface area contributed by atoms with E-state index in [2.05, 4.69) is 9.97 Å². The Hall–Kier alpha value is -1.67. The number of aromatic nitrogens is 2. The highest BCUT2D eigenvalue weighted by Gasteiger charge is 2.16. The van der Waals surface area contributed by atoms with Crippen LogP contribution in [-0.2, 0) is 4.74 Å². The Balaban J connectivity index is 3.03. The molecule has 0 fully saturated rings. The minimum Gasteiger partial charge on any atom is -0.383 e. The van der Waals surface area contributed by atoms with Gasteiger partial charge in [-0.2, -0.15) is 5.26 Å². The highest BCUT2D eigenvalue weighted by molar-refractivity contribution is 5.36. The van der Waals surface area contributed by atoms with E-state index in [0.29, 0.717) is 18.2 Å². The zero-order valence-electron chi connectivity index (χ0n) is 10.8. The molecule has 0 aromatic carbocycles. The Kier molecular flexibility index (Phi) is 4.85. The summed E-state index contributed by atoms with van der Waals surface area (Å²) in [7, 11) is 1.67. The quantitative estimate of drug-likeness (QED) is 0.773. The minimum absolute atomic E-state index is 0.179. The second kappa shape index (κ2) is 6.16. The van der Waals surface area contributed by atoms with Gasteiger partial charge in [0.05, 0.1) is 12.6 Å². The van der Waals surface area contributed by atoms with Crippen molar-refractivity contribution in [1.82, 2.24) is 9.97 Å². The first-order chi connectivity index (χ1) is 8.12. The molecule has 17 heavy (non-hydrogen) atoms. The number of aryl methyl sites for hydroxylation is 1. The lowest BCUT2D eigenvalue weighted by Gasteiger charge is -2.27. The summed E-state index contributed by atoms with van der Waals surface area (Å²) in [6.45, 7) is 7.32. The summed E-state index contributed by atoms with van der Waals surface area (Å²) in [5, 5.41) is 8.90. The Morgan fingerprint density at radius 1 is 1.53 bits per heavy atom. The predicted octanol–water partition coefficient (Wildman–Crippen LogP) is 1.52. The van der Waals surface area contributed by atoms with Gasteiger partial charge in [0.1, 0.15) is 11.8 Å². The molecule has 1 atom stereocenters. The van der Waals surface area contributed by atoms with Crippen molar-refractivity contribution in [2.24, 2.45) is 0 Å². The van der Waals surface area contributed by atoms with Crippen molar-refractivity contribution in [2.45, 2.75) is 26.8 Å². The SMILES string of the molecule is CCN(c1nc(C)cc(C#N)n1)C(C)COC. The molecule has 0 saturated carbocycles. The smallest absolute Gasteiger partial charge is 0.227 e. The summed E-state index contributed by atoms with van der Waals surface area (Å²) in [6.07, 6.45) is 0. The molecule has 1 aromatic rings. The van der Waals surface area contributed by atoms with Gasteiger partial charge in [-0.3, -0.25) is 0 Å². The number of nitriles is 1. The fourth-order valence-electron chi connectivity index (χ4n) is 1.72. The van der Waals surface area contributed by atoms with E-state index < -0.39 is 0 Å². The molecule has 0 radical (unpaired) electrons. The van der Waals surface area contributed by atoms with Crippen LogP contribution in [0.3, 0.4) is 0 Å². The van der Waals surface area contributed by atoms with E-state index in [1.54, 1.807) is 13.2 Å². The van der Waals surface area contributed by atoms with Crippen LogP contribution in [0, 0.1) is 18.3 Å². The number of nitrogens with zero attached hydrogens (tertiary/aromatic N) is 4. The van der Waals surface area contributed by atoms with Gasteiger partial charge in [0.15, 0.2) is 0 Å². The molecule has 0 aliphatic rings. The molecule has 1 rings (SSSR count). The fourth-order valence-corrected chi connectivity index (χ4v) is 1.72. The van der Waals surface area contributed by atoms with E-state index in [9.17, 15) is 0 Å². The van der Waals surface area contributed by atoms with Crippen molar-refractivity contribution in [3.63, 3.8) is 0 Å². The number of methoxy groups -OCH3 is 1. The van der Waals surface area contributed by atoms with Crippen LogP contribution in [-0.4, -0.2) is 36.3 Å². The van der Waals surface area contributed by atoms with Gasteiger partial charge < -0.3 is 9.64 Å². The van der Waals surface area contributed by atoms with Crippen LogP contribution in [0.1, 0.15) is 25.2 Å². The molecule has 0 N–H and O–H groups in total. The van der Waals surface area contributed by atoms with Crippen LogP contribution < -0.4 is 4.90 Å². The third-order valence-corrected chi connectivity index (χ3v) is 2.49. The Morgan fingerprint density at radius 2 is 2.24 bits per heavy atom. The van der Waals surface area contributed by atoms with Gasteiger partial charge in [-0.1, -0.05) is 0 Å². The molecule has 0 spiro atoms. The van der Waals surface area contributed by atoms with E-state index >= 15 is 0 Å². The van der Waals surface area contributed by atoms with Crippen LogP contribution in [0.2, 0.25) is 0 Å². The second-order valence-electron chi connectivity index (χ2n) is 3.90. The minimum atomic E-state index is 0.179. The average molecular weight is 234 g/mol. The van der Waals surface area contributed by atoms with E-state index in [4.69, 9.17) is 10.00 Å². The van der Waals surface area contributed by atoms with Gasteiger partial charge in [0, 0.05) is 19.3 Å². The van der Waals surface area contributed by atoms with Crippen LogP contribution in [0.5, 0.6) is 0 Å². The van der Waals surface area contributed by atoms with E-state index in [1.807, 2.05) is 31.7 Å². The van der Waals surface area contributed by atoms with Gasteiger partial charge in [-0.05, 0) is 26.8 Å². The number of anilines is 1. The second-order valence-corrected chi connectivity index (χ2v) is 3.90. The third-order valence-electron chi connectivity index (χ3n) is 2.49. The maximum Gasteiger partial charge on any atom is 0.227 e. The molecular formula is C12H18N4O. The van der Waals surface area contributed by atoms with Gasteiger partial charge in [0.2, 0.25) is 5.95 Å².